The first-order valence-corrected chi connectivity index (χ1v) is 8.50. The molecule has 2 nitrogen and oxygen atoms in total. The summed E-state index contributed by atoms with van der Waals surface area (Å²) in [5, 5.41) is 1.37. The number of hydrogen-bond donors (Lipinski definition) is 0. The van der Waals surface area contributed by atoms with Gasteiger partial charge in [0.05, 0.1) is 0 Å². The van der Waals surface area contributed by atoms with Crippen molar-refractivity contribution < 1.29 is 0 Å². The van der Waals surface area contributed by atoms with Crippen LogP contribution in [0, 0.1) is 0 Å². The Balaban J connectivity index is 1.88. The van der Waals surface area contributed by atoms with Gasteiger partial charge in [0.25, 0.3) is 0 Å². The number of fused-ring (bicyclic) bond motifs is 1. The van der Waals surface area contributed by atoms with Crippen molar-refractivity contribution in [1.29, 1.82) is 0 Å². The van der Waals surface area contributed by atoms with Gasteiger partial charge in [0, 0.05) is 43.3 Å². The zero-order valence-corrected chi connectivity index (χ0v) is 14.4. The van der Waals surface area contributed by atoms with Crippen LogP contribution in [0.1, 0.15) is 31.4 Å². The highest BCUT2D eigenvalue weighted by Crippen LogP contribution is 2.23. The van der Waals surface area contributed by atoms with Crippen LogP contribution in [0.3, 0.4) is 0 Å². The Morgan fingerprint density at radius 1 is 0.957 bits per heavy atom. The Kier molecular flexibility index (Phi) is 4.82. The zero-order valence-electron chi connectivity index (χ0n) is 14.4. The summed E-state index contributed by atoms with van der Waals surface area (Å²) >= 11 is 0. The van der Waals surface area contributed by atoms with Crippen molar-refractivity contribution in [2.75, 3.05) is 0 Å². The maximum Gasteiger partial charge on any atom is 0.0481 e. The zero-order chi connectivity index (χ0) is 16.2. The van der Waals surface area contributed by atoms with Crippen molar-refractivity contribution in [3.63, 3.8) is 0 Å². The van der Waals surface area contributed by atoms with Crippen molar-refractivity contribution in [3.8, 4) is 0 Å². The van der Waals surface area contributed by atoms with Crippen molar-refractivity contribution in [1.82, 2.24) is 9.47 Å². The first-order chi connectivity index (χ1) is 11.2. The fraction of sp³-hybridized carbons (Fsp3) is 0.333. The molecule has 1 aromatic heterocycles. The van der Waals surface area contributed by atoms with Crippen molar-refractivity contribution >= 4 is 10.9 Å². The lowest BCUT2D eigenvalue weighted by Gasteiger charge is -2.28. The lowest BCUT2D eigenvalue weighted by atomic mass is 10.1. The Morgan fingerprint density at radius 2 is 1.65 bits per heavy atom. The van der Waals surface area contributed by atoms with E-state index in [1.807, 2.05) is 0 Å². The first kappa shape index (κ1) is 15.8. The molecule has 0 unspecified atom stereocenters. The molecule has 0 saturated carbocycles. The Labute approximate surface area is 139 Å². The second kappa shape index (κ2) is 7.01. The topological polar surface area (TPSA) is 8.17 Å². The Bertz CT molecular complexity index is 758. The number of aryl methyl sites for hydroxylation is 1. The molecule has 3 aromatic rings. The van der Waals surface area contributed by atoms with Gasteiger partial charge in [0.15, 0.2) is 0 Å². The molecule has 0 bridgehead atoms. The van der Waals surface area contributed by atoms with Crippen LogP contribution >= 0.6 is 0 Å². The summed E-state index contributed by atoms with van der Waals surface area (Å²) in [6.07, 6.45) is 3.45. The van der Waals surface area contributed by atoms with E-state index in [0.29, 0.717) is 6.04 Å². The first-order valence-electron chi connectivity index (χ1n) is 8.50. The molecule has 0 aliphatic rings. The van der Waals surface area contributed by atoms with Crippen molar-refractivity contribution in [2.24, 2.45) is 7.05 Å². The lowest BCUT2D eigenvalue weighted by Crippen LogP contribution is -2.31. The fourth-order valence-corrected chi connectivity index (χ4v) is 3.21. The van der Waals surface area contributed by atoms with Crippen molar-refractivity contribution in [2.45, 2.75) is 39.4 Å². The molecule has 2 aromatic carbocycles. The average molecular weight is 306 g/mol. The molecule has 0 radical (unpaired) electrons. The average Bonchev–Trinajstić information content (AvgIpc) is 2.91. The van der Waals surface area contributed by atoms with Crippen LogP contribution in [-0.4, -0.2) is 15.5 Å². The number of aromatic nitrogens is 1. The molecule has 0 amide bonds. The second-order valence-corrected chi connectivity index (χ2v) is 6.43. The third-order valence-corrected chi connectivity index (χ3v) is 4.80. The molecule has 120 valence electrons. The van der Waals surface area contributed by atoms with Crippen LogP contribution in [0.4, 0.5) is 0 Å². The van der Waals surface area contributed by atoms with Crippen LogP contribution in [-0.2, 0) is 20.1 Å². The monoisotopic (exact) mass is 306 g/mol. The van der Waals surface area contributed by atoms with Crippen LogP contribution in [0.15, 0.2) is 60.8 Å². The van der Waals surface area contributed by atoms with E-state index in [-0.39, 0.29) is 0 Å². The number of para-hydroxylation sites is 1. The maximum atomic E-state index is 2.58. The predicted octanol–water partition coefficient (Wildman–Crippen LogP) is 4.98. The van der Waals surface area contributed by atoms with Gasteiger partial charge >= 0.3 is 0 Å². The molecule has 0 N–H and O–H groups in total. The van der Waals surface area contributed by atoms with E-state index in [4.69, 9.17) is 0 Å². The molecular weight excluding hydrogens is 280 g/mol. The summed E-state index contributed by atoms with van der Waals surface area (Å²) in [6, 6.07) is 20.0. The molecule has 3 rings (SSSR count). The SMILES string of the molecule is CC[C@H](C)N(Cc1ccccc1)Cc1cn(C)c2ccccc12. The molecule has 0 aliphatic carbocycles. The summed E-state index contributed by atoms with van der Waals surface area (Å²) in [4.78, 5) is 2.58. The molecule has 1 atom stereocenters. The standard InChI is InChI=1S/C21H26N2/c1-4-17(2)23(14-18-10-6-5-7-11-18)16-19-15-22(3)21-13-9-8-12-20(19)21/h5-13,15,17H,4,14,16H2,1-3H3/t17-/m0/s1. The third-order valence-electron chi connectivity index (χ3n) is 4.80. The van der Waals surface area contributed by atoms with Gasteiger partial charge in [0.2, 0.25) is 0 Å². The smallest absolute Gasteiger partial charge is 0.0481 e. The fourth-order valence-electron chi connectivity index (χ4n) is 3.21. The molecule has 0 saturated heterocycles. The van der Waals surface area contributed by atoms with E-state index in [9.17, 15) is 0 Å². The highest BCUT2D eigenvalue weighted by atomic mass is 15.1. The minimum atomic E-state index is 0.564. The summed E-state index contributed by atoms with van der Waals surface area (Å²) in [5.74, 6) is 0. The normalized spacial score (nSPS) is 12.9. The van der Waals surface area contributed by atoms with Crippen molar-refractivity contribution in [3.05, 3.63) is 71.9 Å². The molecule has 2 heteroatoms. The lowest BCUT2D eigenvalue weighted by molar-refractivity contribution is 0.186. The molecular formula is C21H26N2. The summed E-state index contributed by atoms with van der Waals surface area (Å²) in [6.45, 7) is 6.59. The van der Waals surface area contributed by atoms with Gasteiger partial charge in [-0.05, 0) is 30.5 Å². The van der Waals surface area contributed by atoms with E-state index >= 15 is 0 Å². The van der Waals surface area contributed by atoms with Gasteiger partial charge in [-0.25, -0.2) is 0 Å². The van der Waals surface area contributed by atoms with Crippen LogP contribution in [0.5, 0.6) is 0 Å². The van der Waals surface area contributed by atoms with Crippen LogP contribution in [0.2, 0.25) is 0 Å². The van der Waals surface area contributed by atoms with Crippen LogP contribution < -0.4 is 0 Å². The van der Waals surface area contributed by atoms with Crippen LogP contribution in [0.25, 0.3) is 10.9 Å². The van der Waals surface area contributed by atoms with E-state index in [2.05, 4.69) is 91.2 Å². The summed E-state index contributed by atoms with van der Waals surface area (Å²) in [5.41, 5.74) is 4.11. The van der Waals surface area contributed by atoms with E-state index in [0.717, 1.165) is 19.5 Å². The molecule has 23 heavy (non-hydrogen) atoms. The number of benzene rings is 2. The maximum absolute atomic E-state index is 2.58. The molecule has 0 aliphatic heterocycles. The number of hydrogen-bond acceptors (Lipinski definition) is 1. The van der Waals surface area contributed by atoms with Gasteiger partial charge < -0.3 is 4.57 Å². The Morgan fingerprint density at radius 3 is 2.39 bits per heavy atom. The highest BCUT2D eigenvalue weighted by Gasteiger charge is 2.16. The van der Waals surface area contributed by atoms with E-state index in [1.165, 1.54) is 22.0 Å². The van der Waals surface area contributed by atoms with Gasteiger partial charge in [-0.3, -0.25) is 4.90 Å². The summed E-state index contributed by atoms with van der Waals surface area (Å²) < 4.78 is 2.24. The quantitative estimate of drug-likeness (QED) is 0.623. The second-order valence-electron chi connectivity index (χ2n) is 6.43. The number of nitrogens with zero attached hydrogens (tertiary/aromatic N) is 2. The van der Waals surface area contributed by atoms with Gasteiger partial charge in [-0.2, -0.15) is 0 Å². The summed E-state index contributed by atoms with van der Waals surface area (Å²) in [7, 11) is 2.14. The molecule has 0 fully saturated rings. The highest BCUT2D eigenvalue weighted by molar-refractivity contribution is 5.83. The Hall–Kier alpha value is -2.06. The molecule has 0 spiro atoms. The van der Waals surface area contributed by atoms with E-state index in [1.54, 1.807) is 0 Å². The van der Waals surface area contributed by atoms with Gasteiger partial charge in [-0.1, -0.05) is 55.5 Å². The largest absolute Gasteiger partial charge is 0.350 e. The minimum Gasteiger partial charge on any atom is -0.350 e. The minimum absolute atomic E-state index is 0.564. The predicted molar refractivity (Wildman–Crippen MR) is 98.4 cm³/mol. The number of rotatable bonds is 6. The van der Waals surface area contributed by atoms with E-state index < -0.39 is 0 Å². The third kappa shape index (κ3) is 3.48. The molecule has 1 heterocycles. The van der Waals surface area contributed by atoms with Gasteiger partial charge in [0.1, 0.15) is 0 Å². The van der Waals surface area contributed by atoms with Gasteiger partial charge in [-0.15, -0.1) is 0 Å².